The molecule has 9 rings (SSSR count). The molecule has 4 aromatic heterocycles. The van der Waals surface area contributed by atoms with E-state index >= 15 is 0 Å². The molecule has 230 valence electrons. The van der Waals surface area contributed by atoms with Crippen molar-refractivity contribution < 1.29 is 4.42 Å². The molecule has 0 saturated carbocycles. The summed E-state index contributed by atoms with van der Waals surface area (Å²) in [6.07, 6.45) is 0. The zero-order valence-corrected chi connectivity index (χ0v) is 29.0. The lowest BCUT2D eigenvalue weighted by atomic mass is 9.86. The first-order chi connectivity index (χ1) is 21.7. The smallest absolute Gasteiger partial charge is 0.162 e. The lowest BCUT2D eigenvalue weighted by Gasteiger charge is -2.20. The second-order valence-electron chi connectivity index (χ2n) is 16.3. The van der Waals surface area contributed by atoms with E-state index < -0.39 is 0 Å². The number of rotatable bonds is 0. The second-order valence-corrected chi connectivity index (χ2v) is 17.4. The van der Waals surface area contributed by atoms with Crippen LogP contribution < -0.4 is 0 Å². The van der Waals surface area contributed by atoms with E-state index in [0.717, 1.165) is 16.7 Å². The minimum atomic E-state index is 0.00585. The summed E-state index contributed by atoms with van der Waals surface area (Å²) in [6.45, 7) is 20.6. The van der Waals surface area contributed by atoms with Crippen LogP contribution in [0, 0.1) is 0 Å². The molecule has 3 nitrogen and oxygen atoms in total. The van der Waals surface area contributed by atoms with Crippen molar-refractivity contribution in [2.24, 2.45) is 0 Å². The number of benzene rings is 5. The molecule has 0 radical (unpaired) electrons. The van der Waals surface area contributed by atoms with Gasteiger partial charge in [0.2, 0.25) is 0 Å². The standard InChI is InChI=1S/C42H40N2OS/c1-40(2,3)23-14-17-26-30(20-23)44-29-12-10-11-13-33(29)46-39-35-27-18-15-24(41(4,5)6)21-31(27)43-28-19-16-25(42(7,8)9)22-32(28)45-38(36(35)43)34(26)37(39)44/h10-22H,1-9H3. The van der Waals surface area contributed by atoms with Gasteiger partial charge >= 0.3 is 0 Å². The fourth-order valence-electron chi connectivity index (χ4n) is 7.53. The maximum Gasteiger partial charge on any atom is 0.162 e. The minimum Gasteiger partial charge on any atom is -0.452 e. The minimum absolute atomic E-state index is 0.00585. The molecule has 0 saturated heterocycles. The molecule has 0 aliphatic carbocycles. The van der Waals surface area contributed by atoms with Crippen LogP contribution in [-0.4, -0.2) is 8.80 Å². The Labute approximate surface area is 273 Å². The number of para-hydroxylation sites is 1. The molecule has 0 unspecified atom stereocenters. The Hall–Kier alpha value is -4.28. The fourth-order valence-corrected chi connectivity index (χ4v) is 8.76. The Bertz CT molecular complexity index is 2730. The van der Waals surface area contributed by atoms with E-state index in [9.17, 15) is 0 Å². The SMILES string of the molecule is CC(C)(C)c1ccc2c(c1)oc1c3c4ccc(C(C)(C)C)cc4n4c5ccccc5sc(c5c6ccc(C(C)(C)C)cc6n2c15)c34. The fraction of sp³-hybridized carbons (Fsp3) is 0.286. The first kappa shape index (κ1) is 28.0. The molecule has 4 heteroatoms. The zero-order chi connectivity index (χ0) is 32.1. The van der Waals surface area contributed by atoms with Gasteiger partial charge in [-0.1, -0.05) is 105 Å². The lowest BCUT2D eigenvalue weighted by molar-refractivity contribution is 0.586. The molecule has 0 bridgehead atoms. The lowest BCUT2D eigenvalue weighted by Crippen LogP contribution is -2.11. The second kappa shape index (κ2) is 8.74. The normalized spacial score (nSPS) is 13.8. The summed E-state index contributed by atoms with van der Waals surface area (Å²) in [6, 6.07) is 29.9. The van der Waals surface area contributed by atoms with Gasteiger partial charge in [-0.15, -0.1) is 11.3 Å². The average Bonchev–Trinajstić information content (AvgIpc) is 3.52. The molecule has 46 heavy (non-hydrogen) atoms. The predicted octanol–water partition coefficient (Wildman–Crippen LogP) is 12.7. The van der Waals surface area contributed by atoms with Crippen molar-refractivity contribution in [1.29, 1.82) is 0 Å². The van der Waals surface area contributed by atoms with Crippen LogP contribution in [0.1, 0.15) is 79.0 Å². The number of hydrogen-bond acceptors (Lipinski definition) is 2. The topological polar surface area (TPSA) is 22.0 Å². The van der Waals surface area contributed by atoms with Gasteiger partial charge < -0.3 is 13.2 Å². The molecule has 0 fully saturated rings. The Kier molecular flexibility index (Phi) is 5.32. The molecule has 0 N–H and O–H groups in total. The van der Waals surface area contributed by atoms with E-state index in [1.54, 1.807) is 0 Å². The highest BCUT2D eigenvalue weighted by atomic mass is 32.1. The third-order valence-corrected chi connectivity index (χ3v) is 11.3. The van der Waals surface area contributed by atoms with Crippen molar-refractivity contribution >= 4 is 86.5 Å². The summed E-state index contributed by atoms with van der Waals surface area (Å²) in [7, 11) is 0. The summed E-state index contributed by atoms with van der Waals surface area (Å²) < 4.78 is 14.8. The van der Waals surface area contributed by atoms with Crippen LogP contribution >= 0.6 is 11.3 Å². The summed E-state index contributed by atoms with van der Waals surface area (Å²) in [5, 5.41) is 4.99. The molecular weight excluding hydrogens is 581 g/mol. The monoisotopic (exact) mass is 620 g/mol. The van der Waals surface area contributed by atoms with Crippen molar-refractivity contribution in [1.82, 2.24) is 8.80 Å². The Morgan fingerprint density at radius 3 is 1.70 bits per heavy atom. The van der Waals surface area contributed by atoms with Crippen LogP contribution in [0.3, 0.4) is 0 Å². The first-order valence-electron chi connectivity index (χ1n) is 16.4. The molecule has 0 amide bonds. The Balaban J connectivity index is 1.63. The van der Waals surface area contributed by atoms with Gasteiger partial charge in [0.05, 0.1) is 47.9 Å². The van der Waals surface area contributed by atoms with E-state index in [1.807, 2.05) is 11.3 Å². The highest BCUT2D eigenvalue weighted by Gasteiger charge is 2.28. The van der Waals surface area contributed by atoms with Crippen molar-refractivity contribution in [2.75, 3.05) is 0 Å². The summed E-state index contributed by atoms with van der Waals surface area (Å²) in [5.74, 6) is 0. The number of fused-ring (bicyclic) bond motifs is 12. The van der Waals surface area contributed by atoms with Gasteiger partial charge in [-0.05, 0) is 69.3 Å². The maximum absolute atomic E-state index is 7.21. The van der Waals surface area contributed by atoms with E-state index in [0.29, 0.717) is 0 Å². The van der Waals surface area contributed by atoms with Crippen molar-refractivity contribution in [2.45, 2.75) is 78.6 Å². The summed E-state index contributed by atoms with van der Waals surface area (Å²) in [4.78, 5) is 0. The van der Waals surface area contributed by atoms with Crippen LogP contribution in [0.4, 0.5) is 0 Å². The van der Waals surface area contributed by atoms with Crippen LogP contribution in [-0.2, 0) is 16.2 Å². The molecule has 4 heterocycles. The molecule has 0 aliphatic rings. The molecular formula is C42H40N2OS. The van der Waals surface area contributed by atoms with Gasteiger partial charge in [0.15, 0.2) is 11.2 Å². The summed E-state index contributed by atoms with van der Waals surface area (Å²) in [5.41, 5.74) is 13.1. The average molecular weight is 621 g/mol. The van der Waals surface area contributed by atoms with Crippen molar-refractivity contribution in [3.05, 3.63) is 95.6 Å². The first-order valence-corrected chi connectivity index (χ1v) is 17.3. The van der Waals surface area contributed by atoms with Crippen LogP contribution in [0.15, 0.2) is 83.3 Å². The van der Waals surface area contributed by atoms with E-state index in [1.165, 1.54) is 75.2 Å². The van der Waals surface area contributed by atoms with E-state index in [4.69, 9.17) is 4.42 Å². The van der Waals surface area contributed by atoms with Gasteiger partial charge in [0.25, 0.3) is 0 Å². The predicted molar refractivity (Wildman–Crippen MR) is 200 cm³/mol. The van der Waals surface area contributed by atoms with Gasteiger partial charge in [0, 0.05) is 16.2 Å². The Morgan fingerprint density at radius 1 is 0.522 bits per heavy atom. The van der Waals surface area contributed by atoms with Crippen LogP contribution in [0.2, 0.25) is 0 Å². The Morgan fingerprint density at radius 2 is 1.07 bits per heavy atom. The molecule has 0 aliphatic heterocycles. The maximum atomic E-state index is 7.21. The summed E-state index contributed by atoms with van der Waals surface area (Å²) >= 11 is 1.91. The highest BCUT2D eigenvalue weighted by Crippen LogP contribution is 2.50. The molecule has 0 spiro atoms. The van der Waals surface area contributed by atoms with E-state index in [-0.39, 0.29) is 16.2 Å². The number of hydrogen-bond donors (Lipinski definition) is 0. The van der Waals surface area contributed by atoms with Crippen molar-refractivity contribution in [3.63, 3.8) is 0 Å². The van der Waals surface area contributed by atoms with Gasteiger partial charge in [-0.3, -0.25) is 0 Å². The highest BCUT2D eigenvalue weighted by molar-refractivity contribution is 7.25. The van der Waals surface area contributed by atoms with Crippen LogP contribution in [0.25, 0.3) is 75.2 Å². The number of nitrogens with zero attached hydrogens (tertiary/aromatic N) is 2. The van der Waals surface area contributed by atoms with Crippen LogP contribution in [0.5, 0.6) is 0 Å². The third kappa shape index (κ3) is 3.65. The van der Waals surface area contributed by atoms with Crippen molar-refractivity contribution in [3.8, 4) is 0 Å². The quantitative estimate of drug-likeness (QED) is 0.155. The van der Waals surface area contributed by atoms with Gasteiger partial charge in [-0.25, -0.2) is 0 Å². The molecule has 5 aromatic carbocycles. The number of aromatic nitrogens is 2. The van der Waals surface area contributed by atoms with Gasteiger partial charge in [-0.2, -0.15) is 0 Å². The third-order valence-electron chi connectivity index (χ3n) is 10.2. The molecule has 9 aromatic rings. The van der Waals surface area contributed by atoms with Gasteiger partial charge in [0.1, 0.15) is 0 Å². The zero-order valence-electron chi connectivity index (χ0n) is 28.2. The molecule has 0 atom stereocenters. The van der Waals surface area contributed by atoms with E-state index in [2.05, 4.69) is 150 Å². The largest absolute Gasteiger partial charge is 0.452 e.